The van der Waals surface area contributed by atoms with Crippen LogP contribution in [0, 0.1) is 0 Å². The molecule has 19 heavy (non-hydrogen) atoms. The number of hydrogen-bond donors (Lipinski definition) is 1. The van der Waals surface area contributed by atoms with Crippen molar-refractivity contribution in [1.29, 1.82) is 0 Å². The summed E-state index contributed by atoms with van der Waals surface area (Å²) in [6, 6.07) is 5.47. The normalized spacial score (nSPS) is 16.6. The molecule has 0 aromatic heterocycles. The Kier molecular flexibility index (Phi) is 4.28. The highest BCUT2D eigenvalue weighted by Crippen LogP contribution is 2.23. The van der Waals surface area contributed by atoms with Crippen LogP contribution in [0.1, 0.15) is 37.8 Å². The van der Waals surface area contributed by atoms with Gasteiger partial charge in [0.15, 0.2) is 0 Å². The summed E-state index contributed by atoms with van der Waals surface area (Å²) in [5.41, 5.74) is 2.29. The van der Waals surface area contributed by atoms with Crippen molar-refractivity contribution in [3.63, 3.8) is 0 Å². The Bertz CT molecular complexity index is 555. The number of nitrogens with zero attached hydrogens (tertiary/aromatic N) is 1. The van der Waals surface area contributed by atoms with E-state index in [-0.39, 0.29) is 6.04 Å². The monoisotopic (exact) mass is 282 g/mol. The topological polar surface area (TPSA) is 49.4 Å². The fraction of sp³-hybridized carbons (Fsp3) is 0.571. The molecule has 2 rings (SSSR count). The fourth-order valence-electron chi connectivity index (χ4n) is 2.43. The van der Waals surface area contributed by atoms with Gasteiger partial charge in [0, 0.05) is 26.2 Å². The first-order valence-electron chi connectivity index (χ1n) is 6.77. The van der Waals surface area contributed by atoms with Crippen LogP contribution in [-0.4, -0.2) is 25.8 Å². The summed E-state index contributed by atoms with van der Waals surface area (Å²) in [6.07, 6.45) is 1.86. The Labute approximate surface area is 115 Å². The Morgan fingerprint density at radius 1 is 1.32 bits per heavy atom. The van der Waals surface area contributed by atoms with E-state index in [1.165, 1.54) is 9.87 Å². The summed E-state index contributed by atoms with van der Waals surface area (Å²) in [7, 11) is -1.71. The van der Waals surface area contributed by atoms with Gasteiger partial charge in [0.05, 0.1) is 4.90 Å². The van der Waals surface area contributed by atoms with Crippen LogP contribution in [-0.2, 0) is 23.1 Å². The van der Waals surface area contributed by atoms with Crippen LogP contribution in [0.2, 0.25) is 0 Å². The molecule has 1 aromatic carbocycles. The van der Waals surface area contributed by atoms with Crippen molar-refractivity contribution < 1.29 is 8.42 Å². The molecule has 0 amide bonds. The van der Waals surface area contributed by atoms with Gasteiger partial charge in [0.1, 0.15) is 0 Å². The first kappa shape index (κ1) is 14.5. The van der Waals surface area contributed by atoms with E-state index in [9.17, 15) is 8.42 Å². The van der Waals surface area contributed by atoms with E-state index in [2.05, 4.69) is 12.2 Å². The molecule has 0 spiro atoms. The fourth-order valence-corrected chi connectivity index (χ4v) is 3.88. The van der Waals surface area contributed by atoms with Crippen LogP contribution < -0.4 is 5.32 Å². The Balaban J connectivity index is 2.29. The lowest BCUT2D eigenvalue weighted by molar-refractivity contribution is 0.368. The largest absolute Gasteiger partial charge is 0.309 e. The maximum absolute atomic E-state index is 12.6. The maximum atomic E-state index is 12.6. The second kappa shape index (κ2) is 5.61. The molecule has 1 heterocycles. The minimum absolute atomic E-state index is 0.0291. The van der Waals surface area contributed by atoms with Crippen LogP contribution in [0.3, 0.4) is 0 Å². The lowest BCUT2D eigenvalue weighted by atomic mass is 10.1. The quantitative estimate of drug-likeness (QED) is 0.899. The molecule has 1 atom stereocenters. The minimum atomic E-state index is -3.38. The van der Waals surface area contributed by atoms with Gasteiger partial charge in [-0.25, -0.2) is 8.42 Å². The first-order valence-corrected chi connectivity index (χ1v) is 8.21. The smallest absolute Gasteiger partial charge is 0.243 e. The number of hydrogen-bond acceptors (Lipinski definition) is 3. The molecule has 106 valence electrons. The number of nitrogens with one attached hydrogen (secondary N) is 1. The number of rotatable bonds is 5. The van der Waals surface area contributed by atoms with Gasteiger partial charge in [-0.3, -0.25) is 0 Å². The van der Waals surface area contributed by atoms with Crippen molar-refractivity contribution >= 4 is 10.0 Å². The van der Waals surface area contributed by atoms with Gasteiger partial charge >= 0.3 is 0 Å². The Morgan fingerprint density at radius 3 is 2.68 bits per heavy atom. The maximum Gasteiger partial charge on any atom is 0.243 e. The van der Waals surface area contributed by atoms with Gasteiger partial charge in [0.25, 0.3) is 0 Å². The molecule has 0 radical (unpaired) electrons. The third-order valence-electron chi connectivity index (χ3n) is 3.81. The highest BCUT2D eigenvalue weighted by Gasteiger charge is 2.26. The van der Waals surface area contributed by atoms with E-state index in [0.29, 0.717) is 4.90 Å². The average Bonchev–Trinajstić information content (AvgIpc) is 2.85. The van der Waals surface area contributed by atoms with E-state index < -0.39 is 10.0 Å². The molecule has 5 heteroatoms. The van der Waals surface area contributed by atoms with Crippen molar-refractivity contribution in [2.75, 3.05) is 7.05 Å². The van der Waals surface area contributed by atoms with Gasteiger partial charge in [-0.2, -0.15) is 4.31 Å². The van der Waals surface area contributed by atoms with E-state index in [4.69, 9.17) is 0 Å². The molecule has 1 aliphatic heterocycles. The molecule has 1 N–H and O–H groups in total. The summed E-state index contributed by atoms with van der Waals surface area (Å²) in [4.78, 5) is 0.403. The molecular formula is C14H22N2O2S. The zero-order valence-electron chi connectivity index (χ0n) is 11.8. The van der Waals surface area contributed by atoms with Gasteiger partial charge in [-0.15, -0.1) is 0 Å². The van der Waals surface area contributed by atoms with Crippen LogP contribution >= 0.6 is 0 Å². The highest BCUT2D eigenvalue weighted by atomic mass is 32.2. The average molecular weight is 282 g/mol. The molecule has 1 aromatic rings. The van der Waals surface area contributed by atoms with Crippen LogP contribution in [0.25, 0.3) is 0 Å². The van der Waals surface area contributed by atoms with Crippen LogP contribution in [0.4, 0.5) is 0 Å². The van der Waals surface area contributed by atoms with Gasteiger partial charge in [-0.1, -0.05) is 19.4 Å². The third-order valence-corrected chi connectivity index (χ3v) is 5.78. The summed E-state index contributed by atoms with van der Waals surface area (Å²) in [5, 5.41) is 3.23. The number of sulfonamides is 1. The number of fused-ring (bicyclic) bond motifs is 1. The van der Waals surface area contributed by atoms with E-state index in [1.54, 1.807) is 19.2 Å². The summed E-state index contributed by atoms with van der Waals surface area (Å²) < 4.78 is 26.6. The molecule has 1 unspecified atom stereocenters. The van der Waals surface area contributed by atoms with E-state index in [1.807, 2.05) is 13.0 Å². The third kappa shape index (κ3) is 2.83. The molecular weight excluding hydrogens is 260 g/mol. The second-order valence-corrected chi connectivity index (χ2v) is 7.19. The standard InChI is InChI=1S/C14H22N2O2S/c1-4-5-11(2)16(3)19(17,18)14-7-6-12-9-15-10-13(12)8-14/h6-8,11,15H,4-5,9-10H2,1-3H3. The summed E-state index contributed by atoms with van der Waals surface area (Å²) in [6.45, 7) is 5.61. The zero-order chi connectivity index (χ0) is 14.0. The van der Waals surface area contributed by atoms with Crippen molar-refractivity contribution in [3.05, 3.63) is 29.3 Å². The predicted molar refractivity (Wildman–Crippen MR) is 76.3 cm³/mol. The predicted octanol–water partition coefficient (Wildman–Crippen LogP) is 2.10. The molecule has 1 aliphatic rings. The molecule has 0 saturated heterocycles. The SMILES string of the molecule is CCCC(C)N(C)S(=O)(=O)c1ccc2c(c1)CNC2. The molecule has 0 fully saturated rings. The number of benzene rings is 1. The van der Waals surface area contributed by atoms with Crippen molar-refractivity contribution in [2.24, 2.45) is 0 Å². The van der Waals surface area contributed by atoms with Gasteiger partial charge < -0.3 is 5.32 Å². The molecule has 4 nitrogen and oxygen atoms in total. The van der Waals surface area contributed by atoms with Crippen molar-refractivity contribution in [2.45, 2.75) is 50.7 Å². The van der Waals surface area contributed by atoms with E-state index in [0.717, 1.165) is 31.5 Å². The summed E-state index contributed by atoms with van der Waals surface area (Å²) in [5.74, 6) is 0. The van der Waals surface area contributed by atoms with Crippen LogP contribution in [0.5, 0.6) is 0 Å². The van der Waals surface area contributed by atoms with Crippen LogP contribution in [0.15, 0.2) is 23.1 Å². The first-order chi connectivity index (χ1) is 8.96. The van der Waals surface area contributed by atoms with Crippen molar-refractivity contribution in [3.8, 4) is 0 Å². The molecule has 0 bridgehead atoms. The van der Waals surface area contributed by atoms with E-state index >= 15 is 0 Å². The highest BCUT2D eigenvalue weighted by molar-refractivity contribution is 7.89. The lowest BCUT2D eigenvalue weighted by Crippen LogP contribution is -2.35. The van der Waals surface area contributed by atoms with Gasteiger partial charge in [0.2, 0.25) is 10.0 Å². The Morgan fingerprint density at radius 2 is 2.00 bits per heavy atom. The molecule has 0 aliphatic carbocycles. The molecule has 0 saturated carbocycles. The minimum Gasteiger partial charge on any atom is -0.309 e. The Hall–Kier alpha value is -0.910. The van der Waals surface area contributed by atoms with Crippen molar-refractivity contribution in [1.82, 2.24) is 9.62 Å². The summed E-state index contributed by atoms with van der Waals surface area (Å²) >= 11 is 0. The lowest BCUT2D eigenvalue weighted by Gasteiger charge is -2.24. The zero-order valence-corrected chi connectivity index (χ0v) is 12.6. The second-order valence-electron chi connectivity index (χ2n) is 5.19. The van der Waals surface area contributed by atoms with Gasteiger partial charge in [-0.05, 0) is 36.6 Å².